The molecule has 3 rings (SSSR count). The number of benzene rings is 2. The normalized spacial score (nSPS) is 15.0. The molecule has 1 saturated heterocycles. The topological polar surface area (TPSA) is 46.0 Å². The van der Waals surface area contributed by atoms with E-state index in [9.17, 15) is 4.79 Å². The van der Waals surface area contributed by atoms with E-state index in [0.717, 1.165) is 42.6 Å². The number of hydrogen-bond donors (Lipinski definition) is 2. The van der Waals surface area contributed by atoms with Gasteiger partial charge in [0.15, 0.2) is 6.54 Å². The van der Waals surface area contributed by atoms with Crippen molar-refractivity contribution in [2.45, 2.75) is 6.92 Å². The summed E-state index contributed by atoms with van der Waals surface area (Å²) in [5.41, 5.74) is 3.19. The van der Waals surface area contributed by atoms with Crippen LogP contribution in [-0.2, 0) is 4.79 Å². The summed E-state index contributed by atoms with van der Waals surface area (Å²) in [6.07, 6.45) is 0. The van der Waals surface area contributed by atoms with Crippen molar-refractivity contribution in [1.82, 2.24) is 0 Å². The van der Waals surface area contributed by atoms with Crippen LogP contribution in [0.2, 0.25) is 5.02 Å². The number of amides is 1. The summed E-state index contributed by atoms with van der Waals surface area (Å²) in [6, 6.07) is 13.4. The van der Waals surface area contributed by atoms with Crippen LogP contribution in [0.1, 0.15) is 5.56 Å². The molecule has 26 heavy (non-hydrogen) atoms. The first-order valence-corrected chi connectivity index (χ1v) is 9.21. The number of quaternary nitrogens is 1. The molecular weight excluding hydrogens is 350 g/mol. The second kappa shape index (κ2) is 8.43. The van der Waals surface area contributed by atoms with Crippen molar-refractivity contribution in [2.75, 3.05) is 50.1 Å². The van der Waals surface area contributed by atoms with Crippen LogP contribution in [0.5, 0.6) is 5.75 Å². The van der Waals surface area contributed by atoms with Crippen molar-refractivity contribution in [3.8, 4) is 5.75 Å². The van der Waals surface area contributed by atoms with Gasteiger partial charge in [0.1, 0.15) is 5.75 Å². The summed E-state index contributed by atoms with van der Waals surface area (Å²) in [5, 5.41) is 3.71. The molecular formula is C20H25ClN3O2+. The van der Waals surface area contributed by atoms with Gasteiger partial charge in [-0.3, -0.25) is 4.79 Å². The van der Waals surface area contributed by atoms with Crippen LogP contribution in [0.15, 0.2) is 42.5 Å². The highest BCUT2D eigenvalue weighted by atomic mass is 35.5. The van der Waals surface area contributed by atoms with Crippen LogP contribution >= 0.6 is 11.6 Å². The number of hydrogen-bond acceptors (Lipinski definition) is 3. The number of carbonyl (C=O) groups is 1. The molecule has 0 aliphatic carbocycles. The number of halogens is 1. The second-order valence-corrected chi connectivity index (χ2v) is 7.06. The van der Waals surface area contributed by atoms with E-state index in [0.29, 0.717) is 6.54 Å². The summed E-state index contributed by atoms with van der Waals surface area (Å²) in [5.74, 6) is 0.765. The Morgan fingerprint density at radius 3 is 2.73 bits per heavy atom. The maximum absolute atomic E-state index is 12.3. The first-order valence-electron chi connectivity index (χ1n) is 8.84. The van der Waals surface area contributed by atoms with Gasteiger partial charge < -0.3 is 19.9 Å². The monoisotopic (exact) mass is 374 g/mol. The number of ether oxygens (including phenoxy) is 1. The number of anilines is 2. The zero-order chi connectivity index (χ0) is 18.5. The molecule has 138 valence electrons. The predicted octanol–water partition coefficient (Wildman–Crippen LogP) is 2.00. The van der Waals surface area contributed by atoms with E-state index in [4.69, 9.17) is 16.3 Å². The van der Waals surface area contributed by atoms with E-state index in [1.54, 1.807) is 7.11 Å². The molecule has 0 saturated carbocycles. The fraction of sp³-hybridized carbons (Fsp3) is 0.350. The molecule has 0 atom stereocenters. The third-order valence-corrected chi connectivity index (χ3v) is 4.98. The highest BCUT2D eigenvalue weighted by Gasteiger charge is 2.23. The first kappa shape index (κ1) is 18.5. The predicted molar refractivity (Wildman–Crippen MR) is 106 cm³/mol. The zero-order valence-electron chi connectivity index (χ0n) is 15.2. The lowest BCUT2D eigenvalue weighted by Gasteiger charge is -2.34. The number of piperazine rings is 1. The fourth-order valence-corrected chi connectivity index (χ4v) is 3.46. The molecule has 0 radical (unpaired) electrons. The van der Waals surface area contributed by atoms with Gasteiger partial charge in [-0.15, -0.1) is 0 Å². The lowest BCUT2D eigenvalue weighted by Crippen LogP contribution is -3.15. The molecule has 1 fully saturated rings. The molecule has 0 unspecified atom stereocenters. The van der Waals surface area contributed by atoms with E-state index in [1.807, 2.05) is 36.4 Å². The number of aryl methyl sites for hydroxylation is 1. The molecule has 0 spiro atoms. The molecule has 2 aromatic carbocycles. The smallest absolute Gasteiger partial charge is 0.279 e. The number of carbonyl (C=O) groups excluding carboxylic acids is 1. The van der Waals surface area contributed by atoms with Gasteiger partial charge in [-0.05, 0) is 36.8 Å². The Bertz CT molecular complexity index is 773. The van der Waals surface area contributed by atoms with E-state index in [2.05, 4.69) is 23.2 Å². The average Bonchev–Trinajstić information content (AvgIpc) is 2.64. The number of rotatable bonds is 5. The van der Waals surface area contributed by atoms with E-state index < -0.39 is 0 Å². The molecule has 2 N–H and O–H groups in total. The summed E-state index contributed by atoms with van der Waals surface area (Å²) < 4.78 is 5.19. The van der Waals surface area contributed by atoms with Crippen LogP contribution < -0.4 is 19.9 Å². The van der Waals surface area contributed by atoms with Gasteiger partial charge in [0.25, 0.3) is 5.91 Å². The van der Waals surface area contributed by atoms with Gasteiger partial charge in [0.2, 0.25) is 0 Å². The van der Waals surface area contributed by atoms with E-state index >= 15 is 0 Å². The Morgan fingerprint density at radius 1 is 1.23 bits per heavy atom. The summed E-state index contributed by atoms with van der Waals surface area (Å²) in [6.45, 7) is 6.27. The Labute approximate surface area is 159 Å². The van der Waals surface area contributed by atoms with Crippen LogP contribution in [0.25, 0.3) is 0 Å². The summed E-state index contributed by atoms with van der Waals surface area (Å²) >= 11 is 6.14. The van der Waals surface area contributed by atoms with Crippen molar-refractivity contribution in [1.29, 1.82) is 0 Å². The Hall–Kier alpha value is -2.24. The van der Waals surface area contributed by atoms with Crippen LogP contribution in [-0.4, -0.2) is 45.7 Å². The maximum atomic E-state index is 12.3. The number of nitrogens with zero attached hydrogens (tertiary/aromatic N) is 1. The van der Waals surface area contributed by atoms with Gasteiger partial charge in [0, 0.05) is 22.5 Å². The highest BCUT2D eigenvalue weighted by Crippen LogP contribution is 2.24. The first-order chi connectivity index (χ1) is 12.5. The minimum Gasteiger partial charge on any atom is -0.497 e. The number of methoxy groups -OCH3 is 1. The molecule has 1 heterocycles. The van der Waals surface area contributed by atoms with Crippen molar-refractivity contribution in [2.24, 2.45) is 0 Å². The van der Waals surface area contributed by atoms with Gasteiger partial charge in [-0.1, -0.05) is 23.7 Å². The van der Waals surface area contributed by atoms with Gasteiger partial charge in [0.05, 0.1) is 33.3 Å². The zero-order valence-corrected chi connectivity index (χ0v) is 16.0. The molecule has 1 aliphatic rings. The Kier molecular flexibility index (Phi) is 6.01. The molecule has 2 aromatic rings. The van der Waals surface area contributed by atoms with Gasteiger partial charge in [-0.25, -0.2) is 0 Å². The quantitative estimate of drug-likeness (QED) is 0.841. The minimum absolute atomic E-state index is 0.0284. The fourth-order valence-electron chi connectivity index (χ4n) is 3.30. The third-order valence-electron chi connectivity index (χ3n) is 4.75. The number of nitrogens with one attached hydrogen (secondary N) is 2. The van der Waals surface area contributed by atoms with Crippen molar-refractivity contribution in [3.05, 3.63) is 53.1 Å². The van der Waals surface area contributed by atoms with Crippen molar-refractivity contribution < 1.29 is 14.4 Å². The summed E-state index contributed by atoms with van der Waals surface area (Å²) in [7, 11) is 1.62. The molecule has 0 aromatic heterocycles. The minimum atomic E-state index is 0.0284. The second-order valence-electron chi connectivity index (χ2n) is 6.62. The Balaban J connectivity index is 1.52. The van der Waals surface area contributed by atoms with Crippen molar-refractivity contribution in [3.63, 3.8) is 0 Å². The largest absolute Gasteiger partial charge is 0.497 e. The van der Waals surface area contributed by atoms with Crippen LogP contribution in [0, 0.1) is 6.92 Å². The van der Waals surface area contributed by atoms with E-state index in [1.165, 1.54) is 16.2 Å². The third kappa shape index (κ3) is 4.68. The lowest BCUT2D eigenvalue weighted by atomic mass is 10.1. The van der Waals surface area contributed by atoms with E-state index in [-0.39, 0.29) is 5.91 Å². The molecule has 6 heteroatoms. The van der Waals surface area contributed by atoms with Crippen molar-refractivity contribution >= 4 is 28.9 Å². The van der Waals surface area contributed by atoms with Crippen LogP contribution in [0.4, 0.5) is 11.4 Å². The molecule has 1 amide bonds. The van der Waals surface area contributed by atoms with Gasteiger partial charge in [-0.2, -0.15) is 0 Å². The molecule has 0 bridgehead atoms. The molecule has 5 nitrogen and oxygen atoms in total. The lowest BCUT2D eigenvalue weighted by molar-refractivity contribution is -0.892. The highest BCUT2D eigenvalue weighted by molar-refractivity contribution is 6.30. The maximum Gasteiger partial charge on any atom is 0.279 e. The standard InChI is InChI=1S/C20H24ClN3O2/c1-15-6-7-16(21)12-19(15)24-10-8-23(9-11-24)14-20(25)22-17-4-3-5-18(13-17)26-2/h3-7,12-13H,8-11,14H2,1-2H3,(H,22,25)/p+1. The van der Waals surface area contributed by atoms with Crippen LogP contribution in [0.3, 0.4) is 0 Å². The molecule has 1 aliphatic heterocycles. The SMILES string of the molecule is COc1cccc(NC(=O)C[NH+]2CCN(c3cc(Cl)ccc3C)CC2)c1. The average molecular weight is 375 g/mol. The summed E-state index contributed by atoms with van der Waals surface area (Å²) in [4.78, 5) is 16.0. The Morgan fingerprint density at radius 2 is 2.00 bits per heavy atom. The van der Waals surface area contributed by atoms with Gasteiger partial charge >= 0.3 is 0 Å².